The molecule has 1 heterocycles. The zero-order valence-electron chi connectivity index (χ0n) is 15.4. The highest BCUT2D eigenvalue weighted by molar-refractivity contribution is 7.17. The average Bonchev–Trinajstić information content (AvgIpc) is 3.01. The van der Waals surface area contributed by atoms with Crippen LogP contribution in [0.3, 0.4) is 0 Å². The predicted molar refractivity (Wildman–Crippen MR) is 113 cm³/mol. The molecule has 2 aromatic carbocycles. The molecule has 0 saturated carbocycles. The molecule has 0 saturated heterocycles. The van der Waals surface area contributed by atoms with Crippen LogP contribution in [0, 0.1) is 13.8 Å². The second-order valence-corrected chi connectivity index (χ2v) is 7.63. The Balaban J connectivity index is 1.59. The van der Waals surface area contributed by atoms with Gasteiger partial charge in [0.1, 0.15) is 4.88 Å². The van der Waals surface area contributed by atoms with Gasteiger partial charge in [0.05, 0.1) is 5.69 Å². The molecule has 144 valence electrons. The van der Waals surface area contributed by atoms with Crippen LogP contribution in [0.15, 0.2) is 48.5 Å². The third-order valence-corrected chi connectivity index (χ3v) is 5.19. The molecule has 0 atom stereocenters. The number of rotatable bonds is 5. The molecule has 0 fully saturated rings. The number of hydrogen-bond donors (Lipinski definition) is 3. The summed E-state index contributed by atoms with van der Waals surface area (Å²) in [6.45, 7) is 4.06. The van der Waals surface area contributed by atoms with E-state index in [1.807, 2.05) is 37.3 Å². The molecule has 3 rings (SSSR count). The lowest BCUT2D eigenvalue weighted by molar-refractivity contribution is 0.0954. The molecule has 3 aromatic rings. The Bertz CT molecular complexity index is 1000. The zero-order valence-corrected chi connectivity index (χ0v) is 16.9. The van der Waals surface area contributed by atoms with Crippen molar-refractivity contribution in [2.24, 2.45) is 0 Å². The summed E-state index contributed by atoms with van der Waals surface area (Å²) in [6.07, 6.45) is 0. The van der Waals surface area contributed by atoms with E-state index in [0.717, 1.165) is 22.5 Å². The fourth-order valence-electron chi connectivity index (χ4n) is 2.51. The van der Waals surface area contributed by atoms with Gasteiger partial charge in [0, 0.05) is 17.3 Å². The molecule has 0 aliphatic rings. The van der Waals surface area contributed by atoms with Crippen molar-refractivity contribution in [3.63, 3.8) is 0 Å². The highest BCUT2D eigenvalue weighted by atomic mass is 35.5. The van der Waals surface area contributed by atoms with E-state index < -0.39 is 6.03 Å². The molecule has 6 nitrogen and oxygen atoms in total. The topological polar surface area (TPSA) is 83.1 Å². The maximum Gasteiger partial charge on any atom is 0.325 e. The van der Waals surface area contributed by atoms with Crippen molar-refractivity contribution in [3.05, 3.63) is 75.3 Å². The van der Waals surface area contributed by atoms with Crippen LogP contribution in [0.2, 0.25) is 5.02 Å². The normalized spacial score (nSPS) is 10.4. The van der Waals surface area contributed by atoms with Crippen LogP contribution in [0.25, 0.3) is 0 Å². The fourth-order valence-corrected chi connectivity index (χ4v) is 3.51. The van der Waals surface area contributed by atoms with E-state index in [-0.39, 0.29) is 5.91 Å². The first-order valence-electron chi connectivity index (χ1n) is 8.55. The number of carbonyl (C=O) groups excluding carboxylic acids is 2. The van der Waals surface area contributed by atoms with Gasteiger partial charge in [-0.3, -0.25) is 10.1 Å². The number of benzene rings is 2. The number of nitrogens with zero attached hydrogens (tertiary/aromatic N) is 1. The largest absolute Gasteiger partial charge is 0.347 e. The minimum Gasteiger partial charge on any atom is -0.347 e. The fraction of sp³-hybridized carbons (Fsp3) is 0.150. The van der Waals surface area contributed by atoms with Crippen molar-refractivity contribution >= 4 is 45.7 Å². The number of anilines is 2. The van der Waals surface area contributed by atoms with Gasteiger partial charge in [0.15, 0.2) is 5.13 Å². The Hall–Kier alpha value is -2.90. The monoisotopic (exact) mass is 414 g/mol. The van der Waals surface area contributed by atoms with Crippen LogP contribution in [0.4, 0.5) is 15.6 Å². The second kappa shape index (κ2) is 8.86. The van der Waals surface area contributed by atoms with Gasteiger partial charge in [-0.1, -0.05) is 47.2 Å². The summed E-state index contributed by atoms with van der Waals surface area (Å²) in [5.74, 6) is -0.239. The molecule has 0 aliphatic heterocycles. The molecule has 0 bridgehead atoms. The molecular weight excluding hydrogens is 396 g/mol. The first-order valence-corrected chi connectivity index (χ1v) is 9.75. The lowest BCUT2D eigenvalue weighted by Crippen LogP contribution is -2.22. The maximum atomic E-state index is 12.4. The molecule has 28 heavy (non-hydrogen) atoms. The van der Waals surface area contributed by atoms with Crippen LogP contribution in [0.5, 0.6) is 0 Å². The molecule has 3 amide bonds. The van der Waals surface area contributed by atoms with Gasteiger partial charge in [-0.25, -0.2) is 9.78 Å². The maximum absolute atomic E-state index is 12.4. The van der Waals surface area contributed by atoms with Gasteiger partial charge >= 0.3 is 6.03 Å². The summed E-state index contributed by atoms with van der Waals surface area (Å²) in [4.78, 5) is 29.3. The summed E-state index contributed by atoms with van der Waals surface area (Å²) >= 11 is 6.99. The standard InChI is InChI=1S/C20H19ClN4O2S/c1-12-4-3-5-16(10-12)24-19(27)25-20-23-13(2)17(28-20)18(26)22-11-14-6-8-15(21)9-7-14/h3-10H,11H2,1-2H3,(H,22,26)(H2,23,24,25,27). The third kappa shape index (κ3) is 5.31. The summed E-state index contributed by atoms with van der Waals surface area (Å²) in [5, 5.41) is 9.27. The first kappa shape index (κ1) is 19.9. The van der Waals surface area contributed by atoms with Gasteiger partial charge in [0.2, 0.25) is 0 Å². The van der Waals surface area contributed by atoms with E-state index in [2.05, 4.69) is 20.9 Å². The predicted octanol–water partition coefficient (Wildman–Crippen LogP) is 4.99. The van der Waals surface area contributed by atoms with E-state index >= 15 is 0 Å². The minimum absolute atomic E-state index is 0.239. The first-order chi connectivity index (χ1) is 13.4. The summed E-state index contributed by atoms with van der Waals surface area (Å²) in [7, 11) is 0. The molecule has 0 aliphatic carbocycles. The van der Waals surface area contributed by atoms with Gasteiger partial charge < -0.3 is 10.6 Å². The van der Waals surface area contributed by atoms with E-state index in [1.165, 1.54) is 0 Å². The smallest absolute Gasteiger partial charge is 0.325 e. The van der Waals surface area contributed by atoms with E-state index in [9.17, 15) is 9.59 Å². The van der Waals surface area contributed by atoms with Crippen molar-refractivity contribution in [1.82, 2.24) is 10.3 Å². The average molecular weight is 415 g/mol. The Labute approximate surface area is 172 Å². The molecule has 8 heteroatoms. The SMILES string of the molecule is Cc1cccc(NC(=O)Nc2nc(C)c(C(=O)NCc3ccc(Cl)cc3)s2)c1. The second-order valence-electron chi connectivity index (χ2n) is 6.19. The Kier molecular flexibility index (Phi) is 6.28. The van der Waals surface area contributed by atoms with Crippen LogP contribution < -0.4 is 16.0 Å². The van der Waals surface area contributed by atoms with Crippen LogP contribution >= 0.6 is 22.9 Å². The number of amides is 3. The molecule has 0 unspecified atom stereocenters. The van der Waals surface area contributed by atoms with Crippen LogP contribution in [-0.2, 0) is 6.54 Å². The van der Waals surface area contributed by atoms with Crippen LogP contribution in [0.1, 0.15) is 26.5 Å². The van der Waals surface area contributed by atoms with E-state index in [4.69, 9.17) is 11.6 Å². The number of nitrogens with one attached hydrogen (secondary N) is 3. The van der Waals surface area contributed by atoms with Gasteiger partial charge in [-0.2, -0.15) is 0 Å². The highest BCUT2D eigenvalue weighted by Gasteiger charge is 2.16. The van der Waals surface area contributed by atoms with Crippen molar-refractivity contribution in [2.45, 2.75) is 20.4 Å². The number of thiazole rings is 1. The van der Waals surface area contributed by atoms with Crippen LogP contribution in [-0.4, -0.2) is 16.9 Å². The number of carbonyl (C=O) groups is 2. The highest BCUT2D eigenvalue weighted by Crippen LogP contribution is 2.23. The Morgan fingerprint density at radius 2 is 1.82 bits per heavy atom. The number of hydrogen-bond acceptors (Lipinski definition) is 4. The molecular formula is C20H19ClN4O2S. The number of urea groups is 1. The van der Waals surface area contributed by atoms with Crippen molar-refractivity contribution < 1.29 is 9.59 Å². The summed E-state index contributed by atoms with van der Waals surface area (Å²) in [6, 6.07) is 14.3. The Morgan fingerprint density at radius 3 is 2.54 bits per heavy atom. The van der Waals surface area contributed by atoms with Gasteiger partial charge in [0.25, 0.3) is 5.91 Å². The number of aromatic nitrogens is 1. The number of aryl methyl sites for hydroxylation is 2. The van der Waals surface area contributed by atoms with Crippen molar-refractivity contribution in [2.75, 3.05) is 10.6 Å². The van der Waals surface area contributed by atoms with Crippen molar-refractivity contribution in [3.8, 4) is 0 Å². The lowest BCUT2D eigenvalue weighted by atomic mass is 10.2. The molecule has 1 aromatic heterocycles. The lowest BCUT2D eigenvalue weighted by Gasteiger charge is -2.06. The van der Waals surface area contributed by atoms with Crippen molar-refractivity contribution in [1.29, 1.82) is 0 Å². The quantitative estimate of drug-likeness (QED) is 0.550. The third-order valence-electron chi connectivity index (χ3n) is 3.87. The van der Waals surface area contributed by atoms with Gasteiger partial charge in [-0.15, -0.1) is 0 Å². The van der Waals surface area contributed by atoms with E-state index in [0.29, 0.717) is 33.0 Å². The molecule has 0 radical (unpaired) electrons. The Morgan fingerprint density at radius 1 is 1.07 bits per heavy atom. The van der Waals surface area contributed by atoms with Gasteiger partial charge in [-0.05, 0) is 49.2 Å². The summed E-state index contributed by atoms with van der Waals surface area (Å²) in [5.41, 5.74) is 3.23. The molecule has 3 N–H and O–H groups in total. The summed E-state index contributed by atoms with van der Waals surface area (Å²) < 4.78 is 0. The van der Waals surface area contributed by atoms with E-state index in [1.54, 1.807) is 25.1 Å². The zero-order chi connectivity index (χ0) is 20.1. The molecule has 0 spiro atoms. The number of halogens is 1. The minimum atomic E-state index is -0.410.